The molecule has 4 heteroatoms. The van der Waals surface area contributed by atoms with Crippen LogP contribution in [0.1, 0.15) is 11.1 Å². The van der Waals surface area contributed by atoms with E-state index >= 15 is 0 Å². The maximum Gasteiger partial charge on any atom is 0.122 e. The van der Waals surface area contributed by atoms with Crippen molar-refractivity contribution < 1.29 is 9.47 Å². The molecular weight excluding hydrogens is 318 g/mol. The maximum atomic E-state index is 5.27. The summed E-state index contributed by atoms with van der Waals surface area (Å²) in [6, 6.07) is 12.1. The number of hydrogen-bond acceptors (Lipinski definition) is 3. The third-order valence-electron chi connectivity index (χ3n) is 3.08. The average Bonchev–Trinajstić information content (AvgIpc) is 2.46. The van der Waals surface area contributed by atoms with Crippen molar-refractivity contribution in [3.8, 4) is 11.5 Å². The maximum absolute atomic E-state index is 5.27. The van der Waals surface area contributed by atoms with E-state index in [1.54, 1.807) is 14.2 Å². The summed E-state index contributed by atoms with van der Waals surface area (Å²) in [5.74, 6) is 1.60. The highest BCUT2D eigenvalue weighted by Gasteiger charge is 2.03. The van der Waals surface area contributed by atoms with E-state index < -0.39 is 0 Å². The Hall–Kier alpha value is -1.68. The smallest absolute Gasteiger partial charge is 0.122 e. The lowest BCUT2D eigenvalue weighted by Gasteiger charge is -2.12. The average molecular weight is 336 g/mol. The highest BCUT2D eigenvalue weighted by atomic mass is 79.9. The number of aryl methyl sites for hydroxylation is 1. The first kappa shape index (κ1) is 14.7. The number of methoxy groups -OCH3 is 2. The SMILES string of the molecule is COc1cc(CNc2ccc(Br)cc2C)cc(OC)c1. The molecule has 106 valence electrons. The van der Waals surface area contributed by atoms with E-state index in [0.29, 0.717) is 0 Å². The van der Waals surface area contributed by atoms with Crippen LogP contribution in [0.15, 0.2) is 40.9 Å². The van der Waals surface area contributed by atoms with Crippen LogP contribution >= 0.6 is 15.9 Å². The normalized spacial score (nSPS) is 10.2. The molecule has 2 aromatic carbocycles. The fraction of sp³-hybridized carbons (Fsp3) is 0.250. The summed E-state index contributed by atoms with van der Waals surface area (Å²) in [7, 11) is 3.32. The molecule has 0 spiro atoms. The minimum Gasteiger partial charge on any atom is -0.497 e. The van der Waals surface area contributed by atoms with Gasteiger partial charge < -0.3 is 14.8 Å². The molecule has 0 radical (unpaired) electrons. The van der Waals surface area contributed by atoms with E-state index in [9.17, 15) is 0 Å². The van der Waals surface area contributed by atoms with Crippen LogP contribution in [-0.2, 0) is 6.54 Å². The predicted octanol–water partition coefficient (Wildman–Crippen LogP) is 4.39. The Morgan fingerprint density at radius 3 is 2.20 bits per heavy atom. The van der Waals surface area contributed by atoms with E-state index in [1.807, 2.05) is 24.3 Å². The Morgan fingerprint density at radius 1 is 1.00 bits per heavy atom. The van der Waals surface area contributed by atoms with Gasteiger partial charge in [0.2, 0.25) is 0 Å². The Morgan fingerprint density at radius 2 is 1.65 bits per heavy atom. The van der Waals surface area contributed by atoms with Gasteiger partial charge in [-0.25, -0.2) is 0 Å². The third kappa shape index (κ3) is 3.67. The fourth-order valence-corrected chi connectivity index (χ4v) is 2.47. The van der Waals surface area contributed by atoms with Gasteiger partial charge in [-0.1, -0.05) is 15.9 Å². The Kier molecular flexibility index (Phi) is 4.90. The van der Waals surface area contributed by atoms with Gasteiger partial charge in [-0.3, -0.25) is 0 Å². The molecule has 0 heterocycles. The van der Waals surface area contributed by atoms with E-state index in [1.165, 1.54) is 5.56 Å². The number of hydrogen-bond donors (Lipinski definition) is 1. The quantitative estimate of drug-likeness (QED) is 0.879. The zero-order chi connectivity index (χ0) is 14.5. The molecule has 0 atom stereocenters. The molecule has 0 fully saturated rings. The van der Waals surface area contributed by atoms with Gasteiger partial charge in [0.1, 0.15) is 11.5 Å². The highest BCUT2D eigenvalue weighted by Crippen LogP contribution is 2.24. The first-order chi connectivity index (χ1) is 9.62. The molecule has 3 nitrogen and oxygen atoms in total. The number of halogens is 1. The number of ether oxygens (including phenoxy) is 2. The minimum absolute atomic E-state index is 0.718. The van der Waals surface area contributed by atoms with E-state index in [2.05, 4.69) is 40.3 Å². The van der Waals surface area contributed by atoms with Crippen LogP contribution in [-0.4, -0.2) is 14.2 Å². The van der Waals surface area contributed by atoms with Gasteiger partial charge in [0.05, 0.1) is 14.2 Å². The molecule has 0 bridgehead atoms. The van der Waals surface area contributed by atoms with Crippen molar-refractivity contribution in [2.24, 2.45) is 0 Å². The van der Waals surface area contributed by atoms with Crippen LogP contribution in [0, 0.1) is 6.92 Å². The second kappa shape index (κ2) is 6.66. The molecular formula is C16H18BrNO2. The van der Waals surface area contributed by atoms with E-state index in [0.717, 1.165) is 33.8 Å². The number of anilines is 1. The van der Waals surface area contributed by atoms with Gasteiger partial charge in [0.25, 0.3) is 0 Å². The molecule has 0 aliphatic rings. The Bertz CT molecular complexity index is 577. The first-order valence-electron chi connectivity index (χ1n) is 6.34. The van der Waals surface area contributed by atoms with Crippen molar-refractivity contribution in [1.82, 2.24) is 0 Å². The van der Waals surface area contributed by atoms with Crippen LogP contribution in [0.25, 0.3) is 0 Å². The van der Waals surface area contributed by atoms with E-state index in [-0.39, 0.29) is 0 Å². The summed E-state index contributed by atoms with van der Waals surface area (Å²) in [4.78, 5) is 0. The number of benzene rings is 2. The molecule has 2 rings (SSSR count). The minimum atomic E-state index is 0.718. The van der Waals surface area contributed by atoms with Crippen LogP contribution in [0.2, 0.25) is 0 Å². The van der Waals surface area contributed by atoms with Gasteiger partial charge >= 0.3 is 0 Å². The second-order valence-electron chi connectivity index (χ2n) is 4.53. The zero-order valence-corrected chi connectivity index (χ0v) is 13.5. The Labute approximate surface area is 128 Å². The van der Waals surface area contributed by atoms with Crippen molar-refractivity contribution in [3.63, 3.8) is 0 Å². The molecule has 0 aromatic heterocycles. The molecule has 0 amide bonds. The molecule has 2 aromatic rings. The summed E-state index contributed by atoms with van der Waals surface area (Å²) in [5.41, 5.74) is 3.44. The molecule has 0 aliphatic heterocycles. The molecule has 20 heavy (non-hydrogen) atoms. The summed E-state index contributed by atoms with van der Waals surface area (Å²) in [6.45, 7) is 2.80. The van der Waals surface area contributed by atoms with Crippen molar-refractivity contribution in [2.45, 2.75) is 13.5 Å². The fourth-order valence-electron chi connectivity index (χ4n) is 1.99. The lowest BCUT2D eigenvalue weighted by molar-refractivity contribution is 0.393. The lowest BCUT2D eigenvalue weighted by Crippen LogP contribution is -2.02. The summed E-state index contributed by atoms with van der Waals surface area (Å²) in [6.07, 6.45) is 0. The number of rotatable bonds is 5. The summed E-state index contributed by atoms with van der Waals surface area (Å²) >= 11 is 3.47. The molecule has 0 aliphatic carbocycles. The van der Waals surface area contributed by atoms with Gasteiger partial charge in [-0.2, -0.15) is 0 Å². The van der Waals surface area contributed by atoms with E-state index in [4.69, 9.17) is 9.47 Å². The van der Waals surface area contributed by atoms with Gasteiger partial charge in [0.15, 0.2) is 0 Å². The highest BCUT2D eigenvalue weighted by molar-refractivity contribution is 9.10. The van der Waals surface area contributed by atoms with Crippen LogP contribution in [0.3, 0.4) is 0 Å². The monoisotopic (exact) mass is 335 g/mol. The summed E-state index contributed by atoms with van der Waals surface area (Å²) in [5, 5.41) is 3.43. The molecule has 1 N–H and O–H groups in total. The second-order valence-corrected chi connectivity index (χ2v) is 5.45. The lowest BCUT2D eigenvalue weighted by atomic mass is 10.1. The Balaban J connectivity index is 2.13. The zero-order valence-electron chi connectivity index (χ0n) is 11.9. The molecule has 0 unspecified atom stereocenters. The first-order valence-corrected chi connectivity index (χ1v) is 7.13. The van der Waals surface area contributed by atoms with Gasteiger partial charge in [-0.15, -0.1) is 0 Å². The van der Waals surface area contributed by atoms with Crippen LogP contribution < -0.4 is 14.8 Å². The van der Waals surface area contributed by atoms with Gasteiger partial charge in [0, 0.05) is 22.8 Å². The van der Waals surface area contributed by atoms with Crippen molar-refractivity contribution in [3.05, 3.63) is 52.0 Å². The van der Waals surface area contributed by atoms with Crippen molar-refractivity contribution in [2.75, 3.05) is 19.5 Å². The largest absolute Gasteiger partial charge is 0.497 e. The summed E-state index contributed by atoms with van der Waals surface area (Å²) < 4.78 is 11.6. The predicted molar refractivity (Wildman–Crippen MR) is 85.8 cm³/mol. The van der Waals surface area contributed by atoms with Crippen molar-refractivity contribution >= 4 is 21.6 Å². The topological polar surface area (TPSA) is 30.5 Å². The number of nitrogens with one attached hydrogen (secondary N) is 1. The van der Waals surface area contributed by atoms with Crippen molar-refractivity contribution in [1.29, 1.82) is 0 Å². The van der Waals surface area contributed by atoms with Crippen LogP contribution in [0.5, 0.6) is 11.5 Å². The molecule has 0 saturated carbocycles. The third-order valence-corrected chi connectivity index (χ3v) is 3.58. The standard InChI is InChI=1S/C16H18BrNO2/c1-11-6-13(17)4-5-16(11)18-10-12-7-14(19-2)9-15(8-12)20-3/h4-9,18H,10H2,1-3H3. The molecule has 0 saturated heterocycles. The van der Waals surface area contributed by atoms with Gasteiger partial charge in [-0.05, 0) is 48.4 Å². The van der Waals surface area contributed by atoms with Crippen LogP contribution in [0.4, 0.5) is 5.69 Å².